The molecule has 7 heteroatoms. The van der Waals surface area contributed by atoms with Gasteiger partial charge in [-0.1, -0.05) is 24.3 Å². The van der Waals surface area contributed by atoms with Crippen molar-refractivity contribution in [1.82, 2.24) is 26.0 Å². The number of nitrogens with one attached hydrogen (secondary N) is 3. The summed E-state index contributed by atoms with van der Waals surface area (Å²) in [5, 5.41) is 8.51. The Morgan fingerprint density at radius 2 is 1.90 bits per heavy atom. The van der Waals surface area contributed by atoms with Crippen LogP contribution in [-0.4, -0.2) is 53.6 Å². The molecule has 0 radical (unpaired) electrons. The molecule has 1 aromatic carbocycles. The van der Waals surface area contributed by atoms with Crippen LogP contribution in [0.3, 0.4) is 0 Å². The lowest BCUT2D eigenvalue weighted by molar-refractivity contribution is -0.138. The Hall–Kier alpha value is -2.38. The molecule has 2 fully saturated rings. The van der Waals surface area contributed by atoms with Gasteiger partial charge in [-0.05, 0) is 50.4 Å². The van der Waals surface area contributed by atoms with Gasteiger partial charge in [-0.3, -0.25) is 14.6 Å². The van der Waals surface area contributed by atoms with Crippen LogP contribution in [0.25, 0.3) is 0 Å². The number of hydrogen-bond donors (Lipinski definition) is 3. The molecule has 4 aliphatic rings. The largest absolute Gasteiger partial charge is 0.338 e. The average Bonchev–Trinajstić information content (AvgIpc) is 3.08. The number of fused-ring (bicyclic) bond motifs is 2. The molecule has 3 unspecified atom stereocenters. The van der Waals surface area contributed by atoms with E-state index in [0.29, 0.717) is 12.5 Å². The molecule has 3 atom stereocenters. The topological polar surface area (TPSA) is 76.7 Å². The summed E-state index contributed by atoms with van der Waals surface area (Å²) in [6, 6.07) is 8.32. The second-order valence-corrected chi connectivity index (χ2v) is 8.64. The summed E-state index contributed by atoms with van der Waals surface area (Å²) >= 11 is 0. The van der Waals surface area contributed by atoms with Gasteiger partial charge in [0.05, 0.1) is 5.92 Å². The normalized spacial score (nSPS) is 29.8. The summed E-state index contributed by atoms with van der Waals surface area (Å²) in [6.45, 7) is 5.36. The molecular formula is C22H29N5O2. The van der Waals surface area contributed by atoms with E-state index in [1.165, 1.54) is 11.1 Å². The fourth-order valence-electron chi connectivity index (χ4n) is 5.27. The molecule has 2 amide bonds. The van der Waals surface area contributed by atoms with Crippen molar-refractivity contribution in [3.8, 4) is 0 Å². The van der Waals surface area contributed by atoms with Crippen molar-refractivity contribution in [2.75, 3.05) is 19.6 Å². The number of amides is 2. The maximum atomic E-state index is 13.5. The van der Waals surface area contributed by atoms with Crippen LogP contribution in [0, 0.1) is 11.8 Å². The standard InChI is InChI=1S/C22H29N5O2/c1-14-20(22(29)26-11-8-15-4-2-3-5-17(15)13-26)21-24-19(28)12-18(27(21)25-14)16-6-9-23-10-7-16/h2-5,12,14,16,20-21,23,25H,6-11,13H2,1H3,(H,24,28). The molecule has 7 nitrogen and oxygen atoms in total. The van der Waals surface area contributed by atoms with Crippen LogP contribution in [0.1, 0.15) is 30.9 Å². The number of nitrogens with zero attached hydrogens (tertiary/aromatic N) is 2. The molecule has 3 N–H and O–H groups in total. The smallest absolute Gasteiger partial charge is 0.247 e. The minimum atomic E-state index is -0.322. The van der Waals surface area contributed by atoms with Crippen LogP contribution < -0.4 is 16.1 Å². The molecule has 4 aliphatic heterocycles. The Kier molecular flexibility index (Phi) is 4.80. The van der Waals surface area contributed by atoms with Crippen LogP contribution in [0.2, 0.25) is 0 Å². The molecule has 0 bridgehead atoms. The molecule has 29 heavy (non-hydrogen) atoms. The zero-order valence-corrected chi connectivity index (χ0v) is 16.9. The van der Waals surface area contributed by atoms with E-state index in [1.54, 1.807) is 6.08 Å². The van der Waals surface area contributed by atoms with Gasteiger partial charge in [0.2, 0.25) is 11.8 Å². The number of piperidine rings is 1. The van der Waals surface area contributed by atoms with E-state index in [9.17, 15) is 9.59 Å². The van der Waals surface area contributed by atoms with Crippen LogP contribution >= 0.6 is 0 Å². The van der Waals surface area contributed by atoms with E-state index >= 15 is 0 Å². The lowest BCUT2D eigenvalue weighted by Crippen LogP contribution is -2.56. The zero-order chi connectivity index (χ0) is 20.0. The average molecular weight is 396 g/mol. The van der Waals surface area contributed by atoms with Crippen molar-refractivity contribution in [2.45, 2.75) is 44.9 Å². The number of hydrazine groups is 1. The Morgan fingerprint density at radius 3 is 2.69 bits per heavy atom. The predicted octanol–water partition coefficient (Wildman–Crippen LogP) is 0.736. The third-order valence-electron chi connectivity index (χ3n) is 6.83. The highest BCUT2D eigenvalue weighted by Gasteiger charge is 2.49. The van der Waals surface area contributed by atoms with E-state index in [2.05, 4.69) is 39.3 Å². The second-order valence-electron chi connectivity index (χ2n) is 8.64. The third kappa shape index (κ3) is 3.32. The fourth-order valence-corrected chi connectivity index (χ4v) is 5.27. The number of carbonyl (C=O) groups excluding carboxylic acids is 2. The SMILES string of the molecule is CC1NN2C(C3CCNCC3)=CC(=O)NC2C1C(=O)N1CCc2ccccc2C1. The first-order chi connectivity index (χ1) is 14.1. The summed E-state index contributed by atoms with van der Waals surface area (Å²) in [5.74, 6) is 0.0891. The number of benzene rings is 1. The highest BCUT2D eigenvalue weighted by atomic mass is 16.2. The highest BCUT2D eigenvalue weighted by Crippen LogP contribution is 2.34. The minimum absolute atomic E-state index is 0.0341. The second kappa shape index (κ2) is 7.46. The number of carbonyl (C=O) groups is 2. The molecule has 1 aromatic rings. The monoisotopic (exact) mass is 395 g/mol. The van der Waals surface area contributed by atoms with Crippen LogP contribution in [0.15, 0.2) is 36.0 Å². The fraction of sp³-hybridized carbons (Fsp3) is 0.545. The minimum Gasteiger partial charge on any atom is -0.338 e. The molecular weight excluding hydrogens is 366 g/mol. The lowest BCUT2D eigenvalue weighted by atomic mass is 9.90. The maximum Gasteiger partial charge on any atom is 0.247 e. The number of hydrogen-bond acceptors (Lipinski definition) is 5. The Labute approximate surface area is 171 Å². The van der Waals surface area contributed by atoms with Gasteiger partial charge >= 0.3 is 0 Å². The van der Waals surface area contributed by atoms with Crippen LogP contribution in [0.4, 0.5) is 0 Å². The summed E-state index contributed by atoms with van der Waals surface area (Å²) in [7, 11) is 0. The van der Waals surface area contributed by atoms with Crippen molar-refractivity contribution < 1.29 is 9.59 Å². The van der Waals surface area contributed by atoms with E-state index in [0.717, 1.165) is 44.6 Å². The van der Waals surface area contributed by atoms with Crippen molar-refractivity contribution in [1.29, 1.82) is 0 Å². The van der Waals surface area contributed by atoms with E-state index in [4.69, 9.17) is 0 Å². The molecule has 0 aliphatic carbocycles. The Morgan fingerprint density at radius 1 is 1.14 bits per heavy atom. The lowest BCUT2D eigenvalue weighted by Gasteiger charge is -2.39. The van der Waals surface area contributed by atoms with Gasteiger partial charge in [-0.15, -0.1) is 0 Å². The summed E-state index contributed by atoms with van der Waals surface area (Å²) in [6.07, 6.45) is 4.31. The first-order valence-electron chi connectivity index (χ1n) is 10.8. The summed E-state index contributed by atoms with van der Waals surface area (Å²) < 4.78 is 0. The maximum absolute atomic E-state index is 13.5. The number of allylic oxidation sites excluding steroid dienone is 1. The van der Waals surface area contributed by atoms with Crippen molar-refractivity contribution in [3.05, 3.63) is 47.2 Å². The predicted molar refractivity (Wildman–Crippen MR) is 109 cm³/mol. The van der Waals surface area contributed by atoms with Crippen molar-refractivity contribution in [2.24, 2.45) is 11.8 Å². The third-order valence-corrected chi connectivity index (χ3v) is 6.83. The first-order valence-corrected chi connectivity index (χ1v) is 10.8. The van der Waals surface area contributed by atoms with Gasteiger partial charge < -0.3 is 15.5 Å². The van der Waals surface area contributed by atoms with Gasteiger partial charge in [0.1, 0.15) is 6.17 Å². The molecule has 4 heterocycles. The molecule has 2 saturated heterocycles. The first kappa shape index (κ1) is 18.6. The van der Waals surface area contributed by atoms with E-state index in [-0.39, 0.29) is 29.9 Å². The summed E-state index contributed by atoms with van der Waals surface area (Å²) in [4.78, 5) is 28.0. The van der Waals surface area contributed by atoms with E-state index < -0.39 is 0 Å². The van der Waals surface area contributed by atoms with Gasteiger partial charge in [0.25, 0.3) is 0 Å². The van der Waals surface area contributed by atoms with Gasteiger partial charge in [-0.25, -0.2) is 5.43 Å². The zero-order valence-electron chi connectivity index (χ0n) is 16.9. The van der Waals surface area contributed by atoms with Gasteiger partial charge in [0, 0.05) is 36.8 Å². The quantitative estimate of drug-likeness (QED) is 0.689. The highest BCUT2D eigenvalue weighted by molar-refractivity contribution is 5.91. The molecule has 154 valence electrons. The summed E-state index contributed by atoms with van der Waals surface area (Å²) in [5.41, 5.74) is 7.09. The van der Waals surface area contributed by atoms with Crippen molar-refractivity contribution in [3.63, 3.8) is 0 Å². The van der Waals surface area contributed by atoms with Crippen molar-refractivity contribution >= 4 is 11.8 Å². The van der Waals surface area contributed by atoms with Crippen LogP contribution in [0.5, 0.6) is 0 Å². The Balaban J connectivity index is 1.37. The Bertz CT molecular complexity index is 847. The number of rotatable bonds is 2. The van der Waals surface area contributed by atoms with Crippen LogP contribution in [-0.2, 0) is 22.6 Å². The van der Waals surface area contributed by atoms with Gasteiger partial charge in [-0.2, -0.15) is 0 Å². The van der Waals surface area contributed by atoms with E-state index in [1.807, 2.05) is 17.9 Å². The molecule has 0 aromatic heterocycles. The van der Waals surface area contributed by atoms with Gasteiger partial charge in [0.15, 0.2) is 0 Å². The molecule has 0 saturated carbocycles. The molecule has 5 rings (SSSR count). The molecule has 0 spiro atoms.